The van der Waals surface area contributed by atoms with Gasteiger partial charge in [-0.1, -0.05) is 29.9 Å². The fraction of sp³-hybridized carbons (Fsp3) is 0.0357. The Kier molecular flexibility index (Phi) is 10.3. The van der Waals surface area contributed by atoms with E-state index in [1.54, 1.807) is 0 Å². The second kappa shape index (κ2) is 13.5. The van der Waals surface area contributed by atoms with Gasteiger partial charge >= 0.3 is 63.1 Å². The summed E-state index contributed by atoms with van der Waals surface area (Å²) in [5, 5.41) is 15.1. The fourth-order valence-electron chi connectivity index (χ4n) is 3.90. The Labute approximate surface area is 284 Å². The van der Waals surface area contributed by atoms with Gasteiger partial charge in [-0.2, -0.15) is 0 Å². The number of benzene rings is 2. The third-order valence-electron chi connectivity index (χ3n) is 6.01. The molecule has 15 heteroatoms. The molecule has 1 fully saturated rings. The van der Waals surface area contributed by atoms with E-state index < -0.39 is 57.9 Å². The zero-order valence-electron chi connectivity index (χ0n) is 22.7. The SMILES string of the molecule is CC(C=Cc1c([O-])n(-c2cccc(C(N)=O)c2)c(=O)[nH]c1=O)=CC=C1C(=O)NC(=O)N(c2cccc(C(N)=O)c2)C1=O.[K+]. The smallest absolute Gasteiger partial charge is 0.859 e. The largest absolute Gasteiger partial charge is 1.00 e. The van der Waals surface area contributed by atoms with Gasteiger partial charge in [-0.05, 0) is 61.4 Å². The van der Waals surface area contributed by atoms with Crippen LogP contribution < -0.4 is 89.4 Å². The molecule has 14 nitrogen and oxygen atoms in total. The average Bonchev–Trinajstić information content (AvgIpc) is 2.92. The van der Waals surface area contributed by atoms with Gasteiger partial charge in [0.25, 0.3) is 17.4 Å². The van der Waals surface area contributed by atoms with Crippen LogP contribution in [0.5, 0.6) is 5.88 Å². The van der Waals surface area contributed by atoms with E-state index in [2.05, 4.69) is 0 Å². The molecule has 1 aliphatic rings. The molecule has 0 radical (unpaired) electrons. The maximum Gasteiger partial charge on any atom is 1.00 e. The van der Waals surface area contributed by atoms with E-state index in [4.69, 9.17) is 11.5 Å². The molecule has 2 aromatic carbocycles. The number of carbonyl (C=O) groups excluding carboxylic acids is 5. The Morgan fingerprint density at radius 1 is 0.907 bits per heavy atom. The number of aromatic nitrogens is 2. The number of H-pyrrole nitrogens is 1. The van der Waals surface area contributed by atoms with Crippen molar-refractivity contribution >= 4 is 41.4 Å². The number of anilines is 1. The van der Waals surface area contributed by atoms with Crippen molar-refractivity contribution in [1.29, 1.82) is 0 Å². The zero-order chi connectivity index (χ0) is 30.7. The summed E-state index contributed by atoms with van der Waals surface area (Å²) in [5.74, 6) is -4.48. The number of primary amides is 2. The Morgan fingerprint density at radius 2 is 1.49 bits per heavy atom. The summed E-state index contributed by atoms with van der Waals surface area (Å²) >= 11 is 0. The predicted octanol–water partition coefficient (Wildman–Crippen LogP) is -3.03. The molecule has 0 saturated carbocycles. The second-order valence-electron chi connectivity index (χ2n) is 8.87. The van der Waals surface area contributed by atoms with E-state index in [0.29, 0.717) is 15.0 Å². The number of carbonyl (C=O) groups is 5. The third kappa shape index (κ3) is 7.04. The third-order valence-corrected chi connectivity index (χ3v) is 6.01. The van der Waals surface area contributed by atoms with Crippen molar-refractivity contribution in [2.45, 2.75) is 6.92 Å². The normalized spacial score (nSPS) is 14.5. The predicted molar refractivity (Wildman–Crippen MR) is 147 cm³/mol. The van der Waals surface area contributed by atoms with Crippen LogP contribution in [-0.4, -0.2) is 39.2 Å². The Balaban J connectivity index is 0.00000506. The molecule has 0 atom stereocenters. The summed E-state index contributed by atoms with van der Waals surface area (Å²) in [6, 6.07) is 9.77. The Bertz CT molecular complexity index is 1900. The number of rotatable bonds is 7. The molecular formula is C28H21KN6O8. The van der Waals surface area contributed by atoms with Gasteiger partial charge in [0.2, 0.25) is 11.8 Å². The first-order chi connectivity index (χ1) is 19.9. The van der Waals surface area contributed by atoms with Crippen LogP contribution in [0.4, 0.5) is 10.5 Å². The molecule has 1 aromatic heterocycles. The summed E-state index contributed by atoms with van der Waals surface area (Å²) in [5.41, 5.74) is 8.14. The molecule has 0 aliphatic carbocycles. The van der Waals surface area contributed by atoms with E-state index in [0.717, 1.165) is 12.2 Å². The minimum absolute atomic E-state index is 0. The number of aromatic amines is 1. The van der Waals surface area contributed by atoms with Gasteiger partial charge in [-0.3, -0.25) is 38.8 Å². The molecule has 1 aliphatic heterocycles. The van der Waals surface area contributed by atoms with Crippen LogP contribution in [0.25, 0.3) is 11.8 Å². The minimum Gasteiger partial charge on any atom is -0.859 e. The van der Waals surface area contributed by atoms with Crippen LogP contribution in [0.1, 0.15) is 33.2 Å². The first kappa shape index (κ1) is 32.8. The van der Waals surface area contributed by atoms with Crippen LogP contribution >= 0.6 is 0 Å². The van der Waals surface area contributed by atoms with Gasteiger partial charge in [-0.25, -0.2) is 14.5 Å². The number of barbiturate groups is 1. The first-order valence-electron chi connectivity index (χ1n) is 12.0. The molecule has 0 unspecified atom stereocenters. The number of allylic oxidation sites excluding steroid dienone is 4. The standard InChI is InChI=1S/C28H22N6O8.K/c1-14(8-10-19-23(37)31-27(41)33(25(19)39)17-6-2-4-15(12-17)21(29)35)9-11-20-24(38)32-28(42)34(26(20)40)18-7-3-5-16(13-18)22(30)36;/h2-13,39H,1H3,(H2,29,35)(H2,30,36)(H,31,37,41)(H,32,38,42);/q;+1/p-1. The number of hydrogen-bond donors (Lipinski definition) is 4. The second-order valence-corrected chi connectivity index (χ2v) is 8.87. The van der Waals surface area contributed by atoms with Crippen molar-refractivity contribution in [3.05, 3.63) is 115 Å². The number of nitrogens with two attached hydrogens (primary N) is 2. The van der Waals surface area contributed by atoms with Gasteiger partial charge < -0.3 is 16.6 Å². The maximum absolute atomic E-state index is 13.0. The summed E-state index contributed by atoms with van der Waals surface area (Å²) in [7, 11) is 0. The van der Waals surface area contributed by atoms with Crippen LogP contribution in [0, 0.1) is 0 Å². The van der Waals surface area contributed by atoms with Crippen molar-refractivity contribution < 1.29 is 80.5 Å². The van der Waals surface area contributed by atoms with Gasteiger partial charge in [0.05, 0.1) is 11.4 Å². The molecule has 6 amide bonds. The van der Waals surface area contributed by atoms with Gasteiger partial charge in [-0.15, -0.1) is 0 Å². The fourth-order valence-corrected chi connectivity index (χ4v) is 3.90. The van der Waals surface area contributed by atoms with Crippen molar-refractivity contribution in [3.63, 3.8) is 0 Å². The molecule has 2 heterocycles. The van der Waals surface area contributed by atoms with Crippen molar-refractivity contribution in [2.75, 3.05) is 4.90 Å². The van der Waals surface area contributed by atoms with Gasteiger partial charge in [0.1, 0.15) is 5.57 Å². The summed E-state index contributed by atoms with van der Waals surface area (Å²) in [6.45, 7) is 1.53. The quantitative estimate of drug-likeness (QED) is 0.0930. The molecule has 3 aromatic rings. The monoisotopic (exact) mass is 608 g/mol. The number of amides is 6. The van der Waals surface area contributed by atoms with E-state index in [1.807, 2.05) is 10.3 Å². The number of urea groups is 1. The topological polar surface area (TPSA) is 231 Å². The molecule has 1 saturated heterocycles. The van der Waals surface area contributed by atoms with E-state index in [-0.39, 0.29) is 73.9 Å². The molecule has 43 heavy (non-hydrogen) atoms. The summed E-state index contributed by atoms with van der Waals surface area (Å²) in [6.07, 6.45) is 4.91. The molecule has 212 valence electrons. The molecule has 0 bridgehead atoms. The first-order valence-corrected chi connectivity index (χ1v) is 12.0. The summed E-state index contributed by atoms with van der Waals surface area (Å²) < 4.78 is 0.665. The molecule has 4 rings (SSSR count). The molecular weight excluding hydrogens is 587 g/mol. The van der Waals surface area contributed by atoms with Crippen LogP contribution in [0.2, 0.25) is 0 Å². The molecule has 6 N–H and O–H groups in total. The Hall–Kier alpha value is -4.67. The van der Waals surface area contributed by atoms with E-state index in [9.17, 15) is 38.7 Å². The van der Waals surface area contributed by atoms with E-state index in [1.165, 1.54) is 67.6 Å². The Morgan fingerprint density at radius 3 is 2.09 bits per heavy atom. The minimum atomic E-state index is -1.02. The summed E-state index contributed by atoms with van der Waals surface area (Å²) in [4.78, 5) is 88.4. The maximum atomic E-state index is 13.0. The van der Waals surface area contributed by atoms with Crippen molar-refractivity contribution in [3.8, 4) is 11.6 Å². The van der Waals surface area contributed by atoms with Crippen LogP contribution in [-0.2, 0) is 9.59 Å². The number of nitrogens with one attached hydrogen (secondary N) is 2. The average molecular weight is 609 g/mol. The zero-order valence-corrected chi connectivity index (χ0v) is 25.9. The van der Waals surface area contributed by atoms with E-state index >= 15 is 0 Å². The van der Waals surface area contributed by atoms with Gasteiger partial charge in [0.15, 0.2) is 0 Å². The van der Waals surface area contributed by atoms with Crippen LogP contribution in [0.3, 0.4) is 0 Å². The van der Waals surface area contributed by atoms with Crippen molar-refractivity contribution in [2.24, 2.45) is 11.5 Å². The number of imide groups is 2. The molecule has 0 spiro atoms. The van der Waals surface area contributed by atoms with Crippen LogP contribution in [0.15, 0.2) is 87.5 Å². The number of hydrogen-bond acceptors (Lipinski definition) is 8. The van der Waals surface area contributed by atoms with Crippen molar-refractivity contribution in [1.82, 2.24) is 14.9 Å². The van der Waals surface area contributed by atoms with Gasteiger partial charge in [0, 0.05) is 16.7 Å². The number of nitrogens with zero attached hydrogens (tertiary/aromatic N) is 2.